The Kier molecular flexibility index (Phi) is 4.49. The summed E-state index contributed by atoms with van der Waals surface area (Å²) in [6.07, 6.45) is 0.580. The number of aliphatic hydroxyl groups is 1. The zero-order chi connectivity index (χ0) is 10.4. The van der Waals surface area contributed by atoms with Crippen LogP contribution in [0.5, 0.6) is 0 Å². The normalized spacial score (nSPS) is 9.86. The number of hydrogen-bond donors (Lipinski definition) is 3. The second-order valence-corrected chi connectivity index (χ2v) is 3.40. The number of amides is 1. The number of nitrogens with one attached hydrogen (secondary N) is 1. The maximum absolute atomic E-state index is 11.4. The molecule has 14 heavy (non-hydrogen) atoms. The van der Waals surface area contributed by atoms with Gasteiger partial charge in [0.15, 0.2) is 0 Å². The zero-order valence-electron chi connectivity index (χ0n) is 7.73. The molecule has 0 aliphatic heterocycles. The first-order chi connectivity index (χ1) is 6.74. The Morgan fingerprint density at radius 2 is 2.00 bits per heavy atom. The van der Waals surface area contributed by atoms with Crippen molar-refractivity contribution in [1.82, 2.24) is 5.32 Å². The first-order valence-corrected chi connectivity index (χ1v) is 4.87. The molecule has 1 aromatic carbocycles. The van der Waals surface area contributed by atoms with Crippen molar-refractivity contribution in [3.8, 4) is 0 Å². The van der Waals surface area contributed by atoms with Gasteiger partial charge in [0.25, 0.3) is 5.91 Å². The number of hydrogen-bond acceptors (Lipinski definition) is 3. The van der Waals surface area contributed by atoms with Crippen molar-refractivity contribution >= 4 is 18.5 Å². The Bertz CT molecular complexity index is 297. The van der Waals surface area contributed by atoms with Gasteiger partial charge in [0.05, 0.1) is 0 Å². The molecule has 0 aliphatic rings. The molecule has 0 aromatic heterocycles. The van der Waals surface area contributed by atoms with E-state index in [0.717, 1.165) is 4.90 Å². The van der Waals surface area contributed by atoms with Gasteiger partial charge in [0, 0.05) is 23.6 Å². The van der Waals surface area contributed by atoms with Crippen LogP contribution in [0.15, 0.2) is 29.2 Å². The third-order valence-corrected chi connectivity index (χ3v) is 2.05. The minimum Gasteiger partial charge on any atom is -0.396 e. The predicted octanol–water partition coefficient (Wildman–Crippen LogP) is 1.09. The molecule has 0 atom stereocenters. The molecule has 0 unspecified atom stereocenters. The number of rotatable bonds is 4. The van der Waals surface area contributed by atoms with Crippen molar-refractivity contribution in [1.29, 1.82) is 0 Å². The summed E-state index contributed by atoms with van der Waals surface area (Å²) in [7, 11) is 0. The summed E-state index contributed by atoms with van der Waals surface area (Å²) >= 11 is 4.12. The van der Waals surface area contributed by atoms with E-state index in [4.69, 9.17) is 5.11 Å². The summed E-state index contributed by atoms with van der Waals surface area (Å²) in [4.78, 5) is 12.2. The van der Waals surface area contributed by atoms with Crippen molar-refractivity contribution in [2.75, 3.05) is 13.2 Å². The van der Waals surface area contributed by atoms with E-state index < -0.39 is 0 Å². The first kappa shape index (κ1) is 11.1. The molecule has 1 rings (SSSR count). The van der Waals surface area contributed by atoms with Crippen LogP contribution in [-0.2, 0) is 0 Å². The van der Waals surface area contributed by atoms with E-state index in [1.165, 1.54) is 0 Å². The van der Waals surface area contributed by atoms with Crippen LogP contribution < -0.4 is 5.32 Å². The van der Waals surface area contributed by atoms with Gasteiger partial charge in [0.2, 0.25) is 0 Å². The highest BCUT2D eigenvalue weighted by Gasteiger charge is 2.02. The number of aliphatic hydroxyl groups excluding tert-OH is 1. The lowest BCUT2D eigenvalue weighted by Gasteiger charge is -2.03. The molecule has 0 aliphatic carbocycles. The summed E-state index contributed by atoms with van der Waals surface area (Å²) in [5.41, 5.74) is 0.612. The Morgan fingerprint density at radius 3 is 2.57 bits per heavy atom. The predicted molar refractivity (Wildman–Crippen MR) is 57.7 cm³/mol. The van der Waals surface area contributed by atoms with Crippen LogP contribution in [0.1, 0.15) is 16.8 Å². The monoisotopic (exact) mass is 211 g/mol. The van der Waals surface area contributed by atoms with Crippen LogP contribution >= 0.6 is 12.6 Å². The minimum atomic E-state index is -0.119. The highest BCUT2D eigenvalue weighted by molar-refractivity contribution is 7.80. The molecule has 0 radical (unpaired) electrons. The molecule has 1 amide bonds. The summed E-state index contributed by atoms with van der Waals surface area (Å²) in [5, 5.41) is 11.2. The molecule has 0 saturated carbocycles. The van der Waals surface area contributed by atoms with Gasteiger partial charge in [-0.05, 0) is 30.7 Å². The largest absolute Gasteiger partial charge is 0.396 e. The van der Waals surface area contributed by atoms with Crippen molar-refractivity contribution in [2.45, 2.75) is 11.3 Å². The van der Waals surface area contributed by atoms with Crippen molar-refractivity contribution in [3.63, 3.8) is 0 Å². The lowest BCUT2D eigenvalue weighted by atomic mass is 10.2. The van der Waals surface area contributed by atoms with Gasteiger partial charge >= 0.3 is 0 Å². The number of carbonyl (C=O) groups excluding carboxylic acids is 1. The molecule has 76 valence electrons. The summed E-state index contributed by atoms with van der Waals surface area (Å²) in [6, 6.07) is 6.97. The van der Waals surface area contributed by atoms with E-state index in [9.17, 15) is 4.79 Å². The Hall–Kier alpha value is -1.00. The van der Waals surface area contributed by atoms with Crippen LogP contribution in [0, 0.1) is 0 Å². The second kappa shape index (κ2) is 5.67. The molecule has 3 nitrogen and oxygen atoms in total. The van der Waals surface area contributed by atoms with Crippen molar-refractivity contribution < 1.29 is 9.90 Å². The molecule has 0 heterocycles. The Labute approximate surface area is 88.6 Å². The fourth-order valence-corrected chi connectivity index (χ4v) is 1.14. The minimum absolute atomic E-state index is 0.0931. The van der Waals surface area contributed by atoms with Gasteiger partial charge in [-0.3, -0.25) is 4.79 Å². The molecule has 0 fully saturated rings. The number of benzene rings is 1. The van der Waals surface area contributed by atoms with Crippen LogP contribution in [0.2, 0.25) is 0 Å². The lowest BCUT2D eigenvalue weighted by molar-refractivity contribution is 0.0951. The average molecular weight is 211 g/mol. The van der Waals surface area contributed by atoms with E-state index in [1.54, 1.807) is 24.3 Å². The van der Waals surface area contributed by atoms with Crippen LogP contribution in [0.25, 0.3) is 0 Å². The zero-order valence-corrected chi connectivity index (χ0v) is 8.63. The molecule has 0 bridgehead atoms. The highest BCUT2D eigenvalue weighted by atomic mass is 32.1. The molecule has 1 aromatic rings. The Balaban J connectivity index is 2.48. The summed E-state index contributed by atoms with van der Waals surface area (Å²) in [5.74, 6) is -0.119. The number of thiol groups is 1. The second-order valence-electron chi connectivity index (χ2n) is 2.88. The molecule has 0 saturated heterocycles. The molecular weight excluding hydrogens is 198 g/mol. The Morgan fingerprint density at radius 1 is 1.36 bits per heavy atom. The average Bonchev–Trinajstić information content (AvgIpc) is 2.19. The third kappa shape index (κ3) is 3.40. The van der Waals surface area contributed by atoms with Crippen LogP contribution in [0.3, 0.4) is 0 Å². The van der Waals surface area contributed by atoms with Gasteiger partial charge in [-0.2, -0.15) is 0 Å². The molecular formula is C10H13NO2S. The lowest BCUT2D eigenvalue weighted by Crippen LogP contribution is -2.24. The maximum Gasteiger partial charge on any atom is 0.251 e. The summed E-state index contributed by atoms with van der Waals surface area (Å²) < 4.78 is 0. The van der Waals surface area contributed by atoms with Crippen molar-refractivity contribution in [3.05, 3.63) is 29.8 Å². The van der Waals surface area contributed by atoms with Crippen molar-refractivity contribution in [2.24, 2.45) is 0 Å². The van der Waals surface area contributed by atoms with Crippen LogP contribution in [0.4, 0.5) is 0 Å². The van der Waals surface area contributed by atoms with Gasteiger partial charge in [-0.25, -0.2) is 0 Å². The SMILES string of the molecule is O=C(NCCCO)c1ccc(S)cc1. The van der Waals surface area contributed by atoms with Gasteiger partial charge in [0.1, 0.15) is 0 Å². The number of carbonyl (C=O) groups is 1. The van der Waals surface area contributed by atoms with E-state index in [1.807, 2.05) is 0 Å². The molecule has 2 N–H and O–H groups in total. The van der Waals surface area contributed by atoms with E-state index in [2.05, 4.69) is 17.9 Å². The molecule has 0 spiro atoms. The smallest absolute Gasteiger partial charge is 0.251 e. The van der Waals surface area contributed by atoms with Gasteiger partial charge < -0.3 is 10.4 Å². The summed E-state index contributed by atoms with van der Waals surface area (Å²) in [6.45, 7) is 0.591. The standard InChI is InChI=1S/C10H13NO2S/c12-7-1-6-11-10(13)8-2-4-9(14)5-3-8/h2-5,12,14H,1,6-7H2,(H,11,13). The maximum atomic E-state index is 11.4. The fraction of sp³-hybridized carbons (Fsp3) is 0.300. The molecule has 4 heteroatoms. The topological polar surface area (TPSA) is 49.3 Å². The van der Waals surface area contributed by atoms with Gasteiger partial charge in [-0.1, -0.05) is 0 Å². The third-order valence-electron chi connectivity index (χ3n) is 1.75. The quantitative estimate of drug-likeness (QED) is 0.516. The highest BCUT2D eigenvalue weighted by Crippen LogP contribution is 2.07. The van der Waals surface area contributed by atoms with E-state index in [0.29, 0.717) is 18.5 Å². The fourth-order valence-electron chi connectivity index (χ4n) is 0.996. The van der Waals surface area contributed by atoms with E-state index in [-0.39, 0.29) is 12.5 Å². The first-order valence-electron chi connectivity index (χ1n) is 4.42. The van der Waals surface area contributed by atoms with E-state index >= 15 is 0 Å². The van der Waals surface area contributed by atoms with Crippen LogP contribution in [-0.4, -0.2) is 24.2 Å². The van der Waals surface area contributed by atoms with Gasteiger partial charge in [-0.15, -0.1) is 12.6 Å².